The molecule has 2 aromatic carbocycles. The van der Waals surface area contributed by atoms with Crippen LogP contribution in [0.2, 0.25) is 0 Å². The van der Waals surface area contributed by atoms with Crippen LogP contribution in [0, 0.1) is 19.3 Å². The molecule has 0 spiro atoms. The van der Waals surface area contributed by atoms with E-state index in [-0.39, 0.29) is 4.90 Å². The summed E-state index contributed by atoms with van der Waals surface area (Å²) < 4.78 is 26.2. The number of hydrogen-bond acceptors (Lipinski definition) is 3. The zero-order valence-electron chi connectivity index (χ0n) is 13.7. The quantitative estimate of drug-likeness (QED) is 0.617. The highest BCUT2D eigenvalue weighted by Crippen LogP contribution is 2.33. The fraction of sp³-hybridized carbons (Fsp3) is 0.300. The third-order valence-corrected chi connectivity index (χ3v) is 6.17. The molecule has 2 aromatic rings. The van der Waals surface area contributed by atoms with Crippen molar-refractivity contribution in [3.8, 4) is 12.3 Å². The summed E-state index contributed by atoms with van der Waals surface area (Å²) in [4.78, 5) is 0.214. The van der Waals surface area contributed by atoms with Gasteiger partial charge < -0.3 is 5.11 Å². The van der Waals surface area contributed by atoms with Crippen LogP contribution in [0.3, 0.4) is 0 Å². The van der Waals surface area contributed by atoms with Gasteiger partial charge in [0.05, 0.1) is 11.0 Å². The monoisotopic (exact) mass is 342 g/mol. The molecule has 0 heterocycles. The van der Waals surface area contributed by atoms with Gasteiger partial charge in [-0.2, -0.15) is 0 Å². The first-order chi connectivity index (χ1) is 11.5. The van der Waals surface area contributed by atoms with Crippen LogP contribution < -0.4 is 0 Å². The number of benzene rings is 2. The Kier molecular flexibility index (Phi) is 6.19. The van der Waals surface area contributed by atoms with Crippen molar-refractivity contribution in [2.75, 3.05) is 0 Å². The molecule has 0 saturated heterocycles. The Hall–Kier alpha value is -2.09. The minimum Gasteiger partial charge on any atom is -0.391 e. The highest BCUT2D eigenvalue weighted by Gasteiger charge is 2.34. The number of sulfone groups is 1. The first-order valence-electron chi connectivity index (χ1n) is 7.94. The third-order valence-electron chi connectivity index (χ3n) is 3.98. The molecular formula is C20H22O3S. The van der Waals surface area contributed by atoms with Crippen LogP contribution >= 0.6 is 0 Å². The summed E-state index contributed by atoms with van der Waals surface area (Å²) >= 11 is 0. The zero-order chi connectivity index (χ0) is 17.6. The van der Waals surface area contributed by atoms with Crippen molar-refractivity contribution < 1.29 is 13.5 Å². The lowest BCUT2D eigenvalue weighted by Crippen LogP contribution is -2.26. The van der Waals surface area contributed by atoms with E-state index in [1.807, 2.05) is 19.1 Å². The predicted octanol–water partition coefficient (Wildman–Crippen LogP) is 3.67. The van der Waals surface area contributed by atoms with Crippen LogP contribution in [0.25, 0.3) is 0 Å². The number of aliphatic hydroxyl groups excluding tert-OH is 1. The minimum absolute atomic E-state index is 0.214. The fourth-order valence-corrected chi connectivity index (χ4v) is 4.58. The van der Waals surface area contributed by atoms with Crippen molar-refractivity contribution >= 4 is 9.84 Å². The molecule has 0 aliphatic rings. The lowest BCUT2D eigenvalue weighted by atomic mass is 10.0. The number of hydrogen-bond donors (Lipinski definition) is 1. The van der Waals surface area contributed by atoms with Gasteiger partial charge in [-0.3, -0.25) is 0 Å². The van der Waals surface area contributed by atoms with Crippen LogP contribution in [0.5, 0.6) is 0 Å². The average molecular weight is 342 g/mol. The number of terminal acetylenes is 1. The van der Waals surface area contributed by atoms with E-state index in [0.29, 0.717) is 24.8 Å². The van der Waals surface area contributed by atoms with Gasteiger partial charge in [-0.25, -0.2) is 8.42 Å². The van der Waals surface area contributed by atoms with E-state index in [1.54, 1.807) is 42.5 Å². The Balaban J connectivity index is 2.42. The maximum Gasteiger partial charge on any atom is 0.187 e. The molecule has 2 rings (SSSR count). The first kappa shape index (κ1) is 18.3. The first-order valence-corrected chi connectivity index (χ1v) is 9.48. The average Bonchev–Trinajstić information content (AvgIpc) is 2.58. The van der Waals surface area contributed by atoms with E-state index in [1.165, 1.54) is 0 Å². The molecule has 0 fully saturated rings. The predicted molar refractivity (Wildman–Crippen MR) is 96.2 cm³/mol. The Morgan fingerprint density at radius 3 is 2.29 bits per heavy atom. The number of aliphatic hydroxyl groups is 1. The number of aryl methyl sites for hydroxylation is 1. The summed E-state index contributed by atoms with van der Waals surface area (Å²) in [6.07, 6.45) is 5.68. The van der Waals surface area contributed by atoms with Gasteiger partial charge in [0.1, 0.15) is 5.25 Å². The molecule has 0 aliphatic carbocycles. The minimum atomic E-state index is -3.71. The van der Waals surface area contributed by atoms with Crippen molar-refractivity contribution in [1.82, 2.24) is 0 Å². The lowest BCUT2D eigenvalue weighted by Gasteiger charge is -2.24. The summed E-state index contributed by atoms with van der Waals surface area (Å²) in [5.74, 6) is 2.52. The van der Waals surface area contributed by atoms with Crippen LogP contribution in [0.1, 0.15) is 35.6 Å². The molecule has 1 N–H and O–H groups in total. The SMILES string of the molecule is C#CCCCC(O)C(c1ccc(C)cc1)S(=O)(=O)c1ccccc1. The molecule has 0 aliphatic heterocycles. The van der Waals surface area contributed by atoms with E-state index >= 15 is 0 Å². The van der Waals surface area contributed by atoms with Gasteiger partial charge in [-0.15, -0.1) is 12.3 Å². The summed E-state index contributed by atoms with van der Waals surface area (Å²) in [7, 11) is -3.71. The van der Waals surface area contributed by atoms with Gasteiger partial charge >= 0.3 is 0 Å². The molecular weight excluding hydrogens is 320 g/mol. The molecule has 0 bridgehead atoms. The van der Waals surface area contributed by atoms with Gasteiger partial charge in [0, 0.05) is 6.42 Å². The van der Waals surface area contributed by atoms with Crippen LogP contribution in [0.4, 0.5) is 0 Å². The third kappa shape index (κ3) is 4.25. The van der Waals surface area contributed by atoms with Crippen molar-refractivity contribution in [2.24, 2.45) is 0 Å². The molecule has 0 amide bonds. The van der Waals surface area contributed by atoms with Crippen LogP contribution in [-0.2, 0) is 9.84 Å². The van der Waals surface area contributed by atoms with Gasteiger partial charge in [0.2, 0.25) is 0 Å². The normalized spacial score (nSPS) is 13.9. The smallest absolute Gasteiger partial charge is 0.187 e. The maximum atomic E-state index is 13.1. The van der Waals surface area contributed by atoms with Gasteiger partial charge in [0.15, 0.2) is 9.84 Å². The largest absolute Gasteiger partial charge is 0.391 e. The van der Waals surface area contributed by atoms with Crippen molar-refractivity contribution in [3.63, 3.8) is 0 Å². The zero-order valence-corrected chi connectivity index (χ0v) is 14.5. The van der Waals surface area contributed by atoms with Gasteiger partial charge in [-0.1, -0.05) is 48.0 Å². The molecule has 2 atom stereocenters. The van der Waals surface area contributed by atoms with E-state index in [0.717, 1.165) is 5.56 Å². The fourth-order valence-electron chi connectivity index (χ4n) is 2.69. The highest BCUT2D eigenvalue weighted by atomic mass is 32.2. The Morgan fingerprint density at radius 1 is 1.08 bits per heavy atom. The topological polar surface area (TPSA) is 54.4 Å². The Bertz CT molecular complexity index is 787. The maximum absolute atomic E-state index is 13.1. The molecule has 24 heavy (non-hydrogen) atoms. The summed E-state index contributed by atoms with van der Waals surface area (Å²) in [5, 5.41) is 9.61. The highest BCUT2D eigenvalue weighted by molar-refractivity contribution is 7.91. The molecule has 0 aromatic heterocycles. The molecule has 126 valence electrons. The van der Waals surface area contributed by atoms with E-state index < -0.39 is 21.2 Å². The second-order valence-corrected chi connectivity index (χ2v) is 7.92. The summed E-state index contributed by atoms with van der Waals surface area (Å²) in [6, 6.07) is 15.5. The molecule has 0 saturated carbocycles. The van der Waals surface area contributed by atoms with Gasteiger partial charge in [-0.05, 0) is 37.5 Å². The number of unbranched alkanes of at least 4 members (excludes halogenated alkanes) is 1. The Morgan fingerprint density at radius 2 is 1.71 bits per heavy atom. The van der Waals surface area contributed by atoms with Crippen molar-refractivity contribution in [2.45, 2.75) is 42.4 Å². The number of rotatable bonds is 7. The molecule has 2 unspecified atom stereocenters. The molecule has 4 heteroatoms. The van der Waals surface area contributed by atoms with Crippen molar-refractivity contribution in [3.05, 3.63) is 65.7 Å². The lowest BCUT2D eigenvalue weighted by molar-refractivity contribution is 0.156. The van der Waals surface area contributed by atoms with E-state index in [9.17, 15) is 13.5 Å². The second kappa shape index (κ2) is 8.14. The summed E-state index contributed by atoms with van der Waals surface area (Å²) in [6.45, 7) is 1.94. The van der Waals surface area contributed by atoms with E-state index in [2.05, 4.69) is 5.92 Å². The van der Waals surface area contributed by atoms with Gasteiger partial charge in [0.25, 0.3) is 0 Å². The van der Waals surface area contributed by atoms with Crippen LogP contribution in [-0.4, -0.2) is 19.6 Å². The summed E-state index contributed by atoms with van der Waals surface area (Å²) in [5.41, 5.74) is 1.63. The molecule has 0 radical (unpaired) electrons. The second-order valence-electron chi connectivity index (χ2n) is 5.85. The van der Waals surface area contributed by atoms with Crippen molar-refractivity contribution in [1.29, 1.82) is 0 Å². The van der Waals surface area contributed by atoms with E-state index in [4.69, 9.17) is 6.42 Å². The molecule has 3 nitrogen and oxygen atoms in total. The Labute approximate surface area is 144 Å². The standard InChI is InChI=1S/C20H22O3S/c1-3-4-6-11-19(21)20(17-14-12-16(2)13-15-17)24(22,23)18-9-7-5-8-10-18/h1,5,7-10,12-15,19-21H,4,6,11H2,2H3. The van der Waals surface area contributed by atoms with Crippen LogP contribution in [0.15, 0.2) is 59.5 Å².